The summed E-state index contributed by atoms with van der Waals surface area (Å²) in [6.45, 7) is 2.15. The van der Waals surface area contributed by atoms with Gasteiger partial charge >= 0.3 is 0 Å². The molecule has 1 aromatic carbocycles. The van der Waals surface area contributed by atoms with E-state index in [1.165, 1.54) is 4.68 Å². The standard InChI is InChI=1S/C16H16ClN5O/c1-11-14(17)15(21(2)20-11)16(23)19-9-12-5-3-4-6-13(12)22-8-7-18-10-22/h3-8,10H,9H2,1-2H3,(H,19,23). The van der Waals surface area contributed by atoms with Crippen LogP contribution in [0.4, 0.5) is 0 Å². The van der Waals surface area contributed by atoms with Gasteiger partial charge in [0.15, 0.2) is 0 Å². The first-order valence-corrected chi connectivity index (χ1v) is 7.49. The molecule has 0 radical (unpaired) electrons. The molecule has 2 heterocycles. The SMILES string of the molecule is Cc1nn(C)c(C(=O)NCc2ccccc2-n2ccnc2)c1Cl. The van der Waals surface area contributed by atoms with Gasteiger partial charge in [0.1, 0.15) is 5.69 Å². The molecule has 118 valence electrons. The normalized spacial score (nSPS) is 10.7. The molecule has 3 aromatic rings. The molecule has 1 amide bonds. The molecule has 3 rings (SSSR count). The molecule has 0 saturated carbocycles. The number of nitrogens with one attached hydrogen (secondary N) is 1. The number of hydrogen-bond acceptors (Lipinski definition) is 3. The molecule has 0 bridgehead atoms. The minimum absolute atomic E-state index is 0.251. The number of para-hydroxylation sites is 1. The Labute approximate surface area is 138 Å². The summed E-state index contributed by atoms with van der Waals surface area (Å²) in [4.78, 5) is 16.5. The van der Waals surface area contributed by atoms with E-state index in [0.717, 1.165) is 11.3 Å². The largest absolute Gasteiger partial charge is 0.347 e. The molecule has 0 unspecified atom stereocenters. The van der Waals surface area contributed by atoms with Crippen molar-refractivity contribution in [3.05, 3.63) is 65.0 Å². The lowest BCUT2D eigenvalue weighted by Crippen LogP contribution is -2.26. The maximum atomic E-state index is 12.4. The summed E-state index contributed by atoms with van der Waals surface area (Å²) in [7, 11) is 1.70. The van der Waals surface area contributed by atoms with E-state index in [1.807, 2.05) is 35.0 Å². The number of hydrogen-bond donors (Lipinski definition) is 1. The molecule has 0 saturated heterocycles. The summed E-state index contributed by atoms with van der Waals surface area (Å²) in [5.41, 5.74) is 2.95. The Bertz CT molecular complexity index is 838. The average molecular weight is 330 g/mol. The van der Waals surface area contributed by atoms with E-state index in [9.17, 15) is 4.79 Å². The van der Waals surface area contributed by atoms with E-state index in [1.54, 1.807) is 26.5 Å². The van der Waals surface area contributed by atoms with Gasteiger partial charge in [0.2, 0.25) is 0 Å². The van der Waals surface area contributed by atoms with Crippen LogP contribution in [0.5, 0.6) is 0 Å². The molecule has 0 fully saturated rings. The zero-order chi connectivity index (χ0) is 16.4. The minimum Gasteiger partial charge on any atom is -0.347 e. The quantitative estimate of drug-likeness (QED) is 0.799. The number of aryl methyl sites for hydroxylation is 2. The van der Waals surface area contributed by atoms with Crippen molar-refractivity contribution in [1.29, 1.82) is 0 Å². The Morgan fingerprint density at radius 1 is 1.35 bits per heavy atom. The van der Waals surface area contributed by atoms with Gasteiger partial charge in [-0.05, 0) is 18.6 Å². The lowest BCUT2D eigenvalue weighted by atomic mass is 10.1. The van der Waals surface area contributed by atoms with Crippen LogP contribution in [0.2, 0.25) is 5.02 Å². The van der Waals surface area contributed by atoms with Gasteiger partial charge in [0.05, 0.1) is 22.7 Å². The summed E-state index contributed by atoms with van der Waals surface area (Å²) in [6, 6.07) is 7.82. The number of benzene rings is 1. The van der Waals surface area contributed by atoms with Crippen LogP contribution in [0.1, 0.15) is 21.7 Å². The average Bonchev–Trinajstić information content (AvgIpc) is 3.15. The molecule has 6 nitrogen and oxygen atoms in total. The Kier molecular flexibility index (Phi) is 4.16. The van der Waals surface area contributed by atoms with Crippen molar-refractivity contribution in [2.75, 3.05) is 0 Å². The third-order valence-corrected chi connectivity index (χ3v) is 4.03. The number of carbonyl (C=O) groups is 1. The van der Waals surface area contributed by atoms with Crippen LogP contribution in [0.3, 0.4) is 0 Å². The van der Waals surface area contributed by atoms with E-state index >= 15 is 0 Å². The van der Waals surface area contributed by atoms with Crippen LogP contribution >= 0.6 is 11.6 Å². The van der Waals surface area contributed by atoms with Gasteiger partial charge in [-0.25, -0.2) is 4.98 Å². The summed E-state index contributed by atoms with van der Waals surface area (Å²) < 4.78 is 3.40. The molecule has 7 heteroatoms. The van der Waals surface area contributed by atoms with Crippen LogP contribution in [0.15, 0.2) is 43.0 Å². The van der Waals surface area contributed by atoms with Crippen molar-refractivity contribution in [2.24, 2.45) is 7.05 Å². The van der Waals surface area contributed by atoms with Gasteiger partial charge in [-0.1, -0.05) is 29.8 Å². The van der Waals surface area contributed by atoms with Crippen molar-refractivity contribution in [2.45, 2.75) is 13.5 Å². The Morgan fingerprint density at radius 3 is 2.78 bits per heavy atom. The van der Waals surface area contributed by atoms with Gasteiger partial charge < -0.3 is 9.88 Å². The highest BCUT2D eigenvalue weighted by atomic mass is 35.5. The molecular weight excluding hydrogens is 314 g/mol. The van der Waals surface area contributed by atoms with E-state index in [-0.39, 0.29) is 5.91 Å². The number of imidazole rings is 1. The molecule has 0 aliphatic carbocycles. The number of rotatable bonds is 4. The number of halogens is 1. The maximum Gasteiger partial charge on any atom is 0.271 e. The Hall–Kier alpha value is -2.60. The fourth-order valence-electron chi connectivity index (χ4n) is 2.45. The molecule has 2 aromatic heterocycles. The Balaban J connectivity index is 1.80. The summed E-state index contributed by atoms with van der Waals surface area (Å²) >= 11 is 6.15. The van der Waals surface area contributed by atoms with Crippen molar-refractivity contribution >= 4 is 17.5 Å². The molecule has 0 atom stereocenters. The lowest BCUT2D eigenvalue weighted by Gasteiger charge is -2.11. The third kappa shape index (κ3) is 2.98. The second kappa shape index (κ2) is 6.26. The lowest BCUT2D eigenvalue weighted by molar-refractivity contribution is 0.0941. The zero-order valence-corrected chi connectivity index (χ0v) is 13.6. The van der Waals surface area contributed by atoms with Gasteiger partial charge in [-0.2, -0.15) is 5.10 Å². The minimum atomic E-state index is -0.251. The zero-order valence-electron chi connectivity index (χ0n) is 12.8. The number of aromatic nitrogens is 4. The smallest absolute Gasteiger partial charge is 0.271 e. The fraction of sp³-hybridized carbons (Fsp3) is 0.188. The second-order valence-electron chi connectivity index (χ2n) is 5.15. The maximum absolute atomic E-state index is 12.4. The second-order valence-corrected chi connectivity index (χ2v) is 5.53. The molecule has 0 aliphatic rings. The molecule has 0 aliphatic heterocycles. The molecule has 1 N–H and O–H groups in total. The van der Waals surface area contributed by atoms with E-state index < -0.39 is 0 Å². The van der Waals surface area contributed by atoms with Gasteiger partial charge in [0.25, 0.3) is 5.91 Å². The first kappa shape index (κ1) is 15.3. The Morgan fingerprint density at radius 2 is 2.13 bits per heavy atom. The highest BCUT2D eigenvalue weighted by Gasteiger charge is 2.18. The highest BCUT2D eigenvalue weighted by molar-refractivity contribution is 6.34. The monoisotopic (exact) mass is 329 g/mol. The first-order valence-electron chi connectivity index (χ1n) is 7.11. The van der Waals surface area contributed by atoms with Crippen LogP contribution in [0, 0.1) is 6.92 Å². The van der Waals surface area contributed by atoms with Crippen molar-refractivity contribution in [3.8, 4) is 5.69 Å². The number of amides is 1. The van der Waals surface area contributed by atoms with Crippen LogP contribution in [0.25, 0.3) is 5.69 Å². The van der Waals surface area contributed by atoms with Crippen molar-refractivity contribution in [1.82, 2.24) is 24.6 Å². The van der Waals surface area contributed by atoms with Gasteiger partial charge in [-0.15, -0.1) is 0 Å². The third-order valence-electron chi connectivity index (χ3n) is 3.58. The van der Waals surface area contributed by atoms with Crippen molar-refractivity contribution < 1.29 is 4.79 Å². The van der Waals surface area contributed by atoms with Gasteiger partial charge in [0, 0.05) is 26.0 Å². The number of nitrogens with zero attached hydrogens (tertiary/aromatic N) is 4. The predicted molar refractivity (Wildman–Crippen MR) is 87.7 cm³/mol. The summed E-state index contributed by atoms with van der Waals surface area (Å²) in [5.74, 6) is -0.251. The van der Waals surface area contributed by atoms with Crippen molar-refractivity contribution in [3.63, 3.8) is 0 Å². The van der Waals surface area contributed by atoms with Crippen LogP contribution in [-0.2, 0) is 13.6 Å². The van der Waals surface area contributed by atoms with E-state index in [4.69, 9.17) is 11.6 Å². The fourth-order valence-corrected chi connectivity index (χ4v) is 2.70. The van der Waals surface area contributed by atoms with E-state index in [2.05, 4.69) is 15.4 Å². The number of carbonyl (C=O) groups excluding carboxylic acids is 1. The topological polar surface area (TPSA) is 64.7 Å². The summed E-state index contributed by atoms with van der Waals surface area (Å²) in [5, 5.41) is 7.43. The summed E-state index contributed by atoms with van der Waals surface area (Å²) in [6.07, 6.45) is 5.30. The van der Waals surface area contributed by atoms with Gasteiger partial charge in [-0.3, -0.25) is 9.48 Å². The molecule has 0 spiro atoms. The predicted octanol–water partition coefficient (Wildman–Crippen LogP) is 2.50. The molecular formula is C16H16ClN5O. The van der Waals surface area contributed by atoms with E-state index in [0.29, 0.717) is 23.0 Å². The molecule has 23 heavy (non-hydrogen) atoms. The van der Waals surface area contributed by atoms with Crippen LogP contribution in [-0.4, -0.2) is 25.2 Å². The highest BCUT2D eigenvalue weighted by Crippen LogP contribution is 2.19. The first-order chi connectivity index (χ1) is 11.1. The van der Waals surface area contributed by atoms with Crippen LogP contribution < -0.4 is 5.32 Å².